The maximum absolute atomic E-state index is 10.8. The van der Waals surface area contributed by atoms with Crippen molar-refractivity contribution >= 4 is 23.0 Å². The summed E-state index contributed by atoms with van der Waals surface area (Å²) >= 11 is 6.19. The van der Waals surface area contributed by atoms with Gasteiger partial charge in [0.15, 0.2) is 0 Å². The lowest BCUT2D eigenvalue weighted by molar-refractivity contribution is -0.384. The Hall–Kier alpha value is -1.29. The maximum atomic E-state index is 10.8. The number of nitro benzene ring substituents is 1. The molecule has 0 spiro atoms. The zero-order chi connectivity index (χ0) is 15.6. The SMILES string of the molecule is CC1CCC(C(C)C)C(Nc2ccc([N+](=O)[O-])cc2Cl)C1. The first kappa shape index (κ1) is 16.1. The molecule has 4 nitrogen and oxygen atoms in total. The number of hydrogen-bond donors (Lipinski definition) is 1. The van der Waals surface area contributed by atoms with Crippen LogP contribution in [0.15, 0.2) is 18.2 Å². The predicted molar refractivity (Wildman–Crippen MR) is 86.9 cm³/mol. The van der Waals surface area contributed by atoms with Crippen molar-refractivity contribution in [2.45, 2.75) is 46.1 Å². The van der Waals surface area contributed by atoms with Gasteiger partial charge in [0, 0.05) is 18.2 Å². The summed E-state index contributed by atoms with van der Waals surface area (Å²) in [5, 5.41) is 14.7. The Morgan fingerprint density at radius 3 is 2.67 bits per heavy atom. The van der Waals surface area contributed by atoms with Gasteiger partial charge in [0.25, 0.3) is 5.69 Å². The summed E-state index contributed by atoms with van der Waals surface area (Å²) in [5.74, 6) is 1.94. The number of nitro groups is 1. The zero-order valence-electron chi connectivity index (χ0n) is 12.8. The molecule has 1 aliphatic rings. The van der Waals surface area contributed by atoms with Crippen LogP contribution in [0.1, 0.15) is 40.0 Å². The van der Waals surface area contributed by atoms with E-state index in [1.807, 2.05) is 0 Å². The fourth-order valence-corrected chi connectivity index (χ4v) is 3.53. The number of hydrogen-bond acceptors (Lipinski definition) is 3. The molecule has 0 saturated heterocycles. The topological polar surface area (TPSA) is 55.2 Å². The first-order chi connectivity index (χ1) is 9.88. The molecule has 1 aliphatic carbocycles. The Bertz CT molecular complexity index is 519. The number of nitrogens with one attached hydrogen (secondary N) is 1. The smallest absolute Gasteiger partial charge is 0.271 e. The molecule has 1 N–H and O–H groups in total. The number of nitrogens with zero attached hydrogens (tertiary/aromatic N) is 1. The summed E-state index contributed by atoms with van der Waals surface area (Å²) in [6.45, 7) is 6.79. The average Bonchev–Trinajstić information content (AvgIpc) is 2.40. The van der Waals surface area contributed by atoms with E-state index in [-0.39, 0.29) is 5.69 Å². The third-order valence-electron chi connectivity index (χ3n) is 4.53. The minimum atomic E-state index is -0.421. The summed E-state index contributed by atoms with van der Waals surface area (Å²) < 4.78 is 0. The molecule has 116 valence electrons. The van der Waals surface area contributed by atoms with E-state index in [2.05, 4.69) is 26.1 Å². The highest BCUT2D eigenvalue weighted by Gasteiger charge is 2.31. The average molecular weight is 311 g/mol. The predicted octanol–water partition coefficient (Wildman–Crippen LogP) is 5.12. The number of rotatable bonds is 4. The summed E-state index contributed by atoms with van der Waals surface area (Å²) in [6.07, 6.45) is 3.62. The molecule has 0 radical (unpaired) electrons. The van der Waals surface area contributed by atoms with Crippen molar-refractivity contribution in [3.05, 3.63) is 33.3 Å². The largest absolute Gasteiger partial charge is 0.381 e. The molecule has 0 heterocycles. The van der Waals surface area contributed by atoms with E-state index < -0.39 is 4.92 Å². The van der Waals surface area contributed by atoms with Crippen LogP contribution in [0.25, 0.3) is 0 Å². The molecule has 0 amide bonds. The quantitative estimate of drug-likeness (QED) is 0.620. The van der Waals surface area contributed by atoms with Crippen LogP contribution in [0.2, 0.25) is 5.02 Å². The molecule has 3 atom stereocenters. The van der Waals surface area contributed by atoms with Crippen molar-refractivity contribution in [2.24, 2.45) is 17.8 Å². The summed E-state index contributed by atoms with van der Waals surface area (Å²) in [4.78, 5) is 10.3. The van der Waals surface area contributed by atoms with Gasteiger partial charge in [-0.05, 0) is 36.7 Å². The lowest BCUT2D eigenvalue weighted by Gasteiger charge is -2.38. The number of anilines is 1. The molecular formula is C16H23ClN2O2. The van der Waals surface area contributed by atoms with Crippen molar-refractivity contribution < 1.29 is 4.92 Å². The first-order valence-electron chi connectivity index (χ1n) is 7.59. The maximum Gasteiger partial charge on any atom is 0.271 e. The van der Waals surface area contributed by atoms with E-state index in [4.69, 9.17) is 11.6 Å². The van der Waals surface area contributed by atoms with Gasteiger partial charge >= 0.3 is 0 Å². The molecule has 1 aromatic carbocycles. The van der Waals surface area contributed by atoms with Crippen molar-refractivity contribution in [1.82, 2.24) is 0 Å². The Kier molecular flexibility index (Phi) is 5.09. The highest BCUT2D eigenvalue weighted by atomic mass is 35.5. The van der Waals surface area contributed by atoms with Gasteiger partial charge in [0.2, 0.25) is 0 Å². The number of benzene rings is 1. The van der Waals surface area contributed by atoms with Crippen LogP contribution in [-0.4, -0.2) is 11.0 Å². The summed E-state index contributed by atoms with van der Waals surface area (Å²) in [6, 6.07) is 5.02. The Balaban J connectivity index is 2.16. The summed E-state index contributed by atoms with van der Waals surface area (Å²) in [7, 11) is 0. The summed E-state index contributed by atoms with van der Waals surface area (Å²) in [5.41, 5.74) is 0.829. The van der Waals surface area contributed by atoms with E-state index >= 15 is 0 Å². The molecule has 2 rings (SSSR count). The Labute approximate surface area is 131 Å². The van der Waals surface area contributed by atoms with Gasteiger partial charge in [0.05, 0.1) is 15.6 Å². The van der Waals surface area contributed by atoms with Gasteiger partial charge in [-0.15, -0.1) is 0 Å². The van der Waals surface area contributed by atoms with Crippen LogP contribution >= 0.6 is 11.6 Å². The Morgan fingerprint density at radius 1 is 1.38 bits per heavy atom. The van der Waals surface area contributed by atoms with Crippen LogP contribution in [-0.2, 0) is 0 Å². The van der Waals surface area contributed by atoms with E-state index in [9.17, 15) is 10.1 Å². The molecule has 1 aromatic rings. The molecule has 1 fully saturated rings. The van der Waals surface area contributed by atoms with E-state index in [1.54, 1.807) is 6.07 Å². The van der Waals surface area contributed by atoms with Gasteiger partial charge in [-0.2, -0.15) is 0 Å². The fraction of sp³-hybridized carbons (Fsp3) is 0.625. The van der Waals surface area contributed by atoms with E-state index in [1.165, 1.54) is 25.0 Å². The van der Waals surface area contributed by atoms with Crippen molar-refractivity contribution in [3.63, 3.8) is 0 Å². The molecule has 0 aliphatic heterocycles. The van der Waals surface area contributed by atoms with E-state index in [0.717, 1.165) is 12.1 Å². The van der Waals surface area contributed by atoms with Gasteiger partial charge in [-0.1, -0.05) is 38.8 Å². The minimum absolute atomic E-state index is 0.0305. The van der Waals surface area contributed by atoms with Crippen molar-refractivity contribution in [3.8, 4) is 0 Å². The molecule has 5 heteroatoms. The van der Waals surface area contributed by atoms with Crippen molar-refractivity contribution in [2.75, 3.05) is 5.32 Å². The van der Waals surface area contributed by atoms with Crippen LogP contribution in [0, 0.1) is 27.9 Å². The second-order valence-corrected chi connectivity index (χ2v) is 6.91. The highest BCUT2D eigenvalue weighted by molar-refractivity contribution is 6.33. The fourth-order valence-electron chi connectivity index (χ4n) is 3.30. The standard InChI is InChI=1S/C16H23ClN2O2/c1-10(2)13-6-4-11(3)8-16(13)18-15-7-5-12(19(20)21)9-14(15)17/h5,7,9-11,13,16,18H,4,6,8H2,1-3H3. The van der Waals surface area contributed by atoms with Gasteiger partial charge in [-0.3, -0.25) is 10.1 Å². The number of non-ortho nitro benzene ring substituents is 1. The molecule has 1 saturated carbocycles. The third-order valence-corrected chi connectivity index (χ3v) is 4.84. The van der Waals surface area contributed by atoms with Gasteiger partial charge in [-0.25, -0.2) is 0 Å². The first-order valence-corrected chi connectivity index (χ1v) is 7.96. The second-order valence-electron chi connectivity index (χ2n) is 6.50. The highest BCUT2D eigenvalue weighted by Crippen LogP contribution is 2.37. The van der Waals surface area contributed by atoms with Crippen LogP contribution < -0.4 is 5.32 Å². The number of halogens is 1. The van der Waals surface area contributed by atoms with E-state index in [0.29, 0.717) is 28.8 Å². The van der Waals surface area contributed by atoms with Gasteiger partial charge < -0.3 is 5.32 Å². The molecule has 0 bridgehead atoms. The molecule has 3 unspecified atom stereocenters. The minimum Gasteiger partial charge on any atom is -0.381 e. The third kappa shape index (κ3) is 3.88. The Morgan fingerprint density at radius 2 is 2.10 bits per heavy atom. The van der Waals surface area contributed by atoms with Crippen LogP contribution in [0.5, 0.6) is 0 Å². The molecular weight excluding hydrogens is 288 g/mol. The lowest BCUT2D eigenvalue weighted by atomic mass is 9.74. The molecule has 0 aromatic heterocycles. The normalized spacial score (nSPS) is 25.9. The molecule has 21 heavy (non-hydrogen) atoms. The lowest BCUT2D eigenvalue weighted by Crippen LogP contribution is -2.37. The second kappa shape index (κ2) is 6.65. The van der Waals surface area contributed by atoms with Crippen LogP contribution in [0.4, 0.5) is 11.4 Å². The zero-order valence-corrected chi connectivity index (χ0v) is 13.6. The van der Waals surface area contributed by atoms with Gasteiger partial charge in [0.1, 0.15) is 0 Å². The van der Waals surface area contributed by atoms with Crippen molar-refractivity contribution in [1.29, 1.82) is 0 Å². The van der Waals surface area contributed by atoms with Crippen LogP contribution in [0.3, 0.4) is 0 Å². The monoisotopic (exact) mass is 310 g/mol.